The van der Waals surface area contributed by atoms with Gasteiger partial charge >= 0.3 is 12.2 Å². The van der Waals surface area contributed by atoms with Crippen molar-refractivity contribution in [2.75, 3.05) is 7.11 Å². The van der Waals surface area contributed by atoms with Gasteiger partial charge in [0.05, 0.1) is 6.10 Å². The topological polar surface area (TPSA) is 118 Å². The SMILES string of the molecule is CO[C@H](C(=O)N[C@@H](CCC(=O)C=[N+]=[N-])C(=O)OC(C)C)C(C)C. The standard InChI is InChI=1S/C15H25N3O5/c1-9(2)13(22-5)14(20)18-12(15(21)23-10(3)4)7-6-11(19)8-17-16/h8-10,12-13H,6-7H2,1-5H3,(H,18,20)/t12-,13-/m0/s1. The van der Waals surface area contributed by atoms with Crippen LogP contribution < -0.4 is 5.32 Å². The van der Waals surface area contributed by atoms with E-state index in [9.17, 15) is 14.4 Å². The van der Waals surface area contributed by atoms with Crippen molar-refractivity contribution in [3.63, 3.8) is 0 Å². The lowest BCUT2D eigenvalue weighted by molar-refractivity contribution is -0.153. The highest BCUT2D eigenvalue weighted by atomic mass is 16.5. The van der Waals surface area contributed by atoms with Crippen molar-refractivity contribution in [3.8, 4) is 0 Å². The Morgan fingerprint density at radius 2 is 1.83 bits per heavy atom. The predicted molar refractivity (Wildman–Crippen MR) is 82.7 cm³/mol. The van der Waals surface area contributed by atoms with E-state index < -0.39 is 29.8 Å². The molecule has 0 heterocycles. The number of nitrogens with one attached hydrogen (secondary N) is 1. The minimum atomic E-state index is -0.975. The number of ketones is 1. The van der Waals surface area contributed by atoms with Crippen LogP contribution in [0, 0.1) is 5.92 Å². The minimum Gasteiger partial charge on any atom is -0.461 e. The maximum atomic E-state index is 12.2. The van der Waals surface area contributed by atoms with Gasteiger partial charge in [-0.1, -0.05) is 13.8 Å². The van der Waals surface area contributed by atoms with Crippen LogP contribution >= 0.6 is 0 Å². The van der Waals surface area contributed by atoms with Crippen molar-refractivity contribution in [1.82, 2.24) is 5.32 Å². The van der Waals surface area contributed by atoms with Crippen LogP contribution in [0.1, 0.15) is 40.5 Å². The summed E-state index contributed by atoms with van der Waals surface area (Å²) in [4.78, 5) is 38.3. The number of rotatable bonds is 10. The van der Waals surface area contributed by atoms with Gasteiger partial charge in [-0.05, 0) is 26.2 Å². The lowest BCUT2D eigenvalue weighted by Crippen LogP contribution is -2.48. The van der Waals surface area contributed by atoms with E-state index in [0.29, 0.717) is 0 Å². The number of ether oxygens (including phenoxy) is 2. The molecule has 0 saturated carbocycles. The summed E-state index contributed by atoms with van der Waals surface area (Å²) in [5.74, 6) is -1.61. The zero-order chi connectivity index (χ0) is 18.0. The Labute approximate surface area is 136 Å². The van der Waals surface area contributed by atoms with Crippen LogP contribution in [-0.2, 0) is 23.9 Å². The number of methoxy groups -OCH3 is 1. The second-order valence-corrected chi connectivity index (χ2v) is 5.70. The Morgan fingerprint density at radius 1 is 1.22 bits per heavy atom. The molecule has 1 amide bonds. The molecule has 0 bridgehead atoms. The van der Waals surface area contributed by atoms with Gasteiger partial charge in [0.1, 0.15) is 12.1 Å². The fourth-order valence-electron chi connectivity index (χ4n) is 1.91. The van der Waals surface area contributed by atoms with Gasteiger partial charge in [0.25, 0.3) is 0 Å². The zero-order valence-corrected chi connectivity index (χ0v) is 14.2. The van der Waals surface area contributed by atoms with Gasteiger partial charge in [0, 0.05) is 13.5 Å². The number of carbonyl (C=O) groups excluding carboxylic acids is 3. The van der Waals surface area contributed by atoms with Gasteiger partial charge in [0.15, 0.2) is 0 Å². The van der Waals surface area contributed by atoms with Crippen LogP contribution in [0.15, 0.2) is 0 Å². The normalized spacial score (nSPS) is 13.2. The van der Waals surface area contributed by atoms with Crippen LogP contribution in [0.2, 0.25) is 0 Å². The van der Waals surface area contributed by atoms with Crippen molar-refractivity contribution in [2.45, 2.75) is 58.8 Å². The second-order valence-electron chi connectivity index (χ2n) is 5.70. The number of carbonyl (C=O) groups is 3. The van der Waals surface area contributed by atoms with E-state index in [2.05, 4.69) is 10.1 Å². The molecule has 0 aliphatic rings. The van der Waals surface area contributed by atoms with Crippen LogP contribution in [0.3, 0.4) is 0 Å². The highest BCUT2D eigenvalue weighted by molar-refractivity contribution is 6.25. The average Bonchev–Trinajstić information content (AvgIpc) is 2.43. The molecule has 0 aliphatic carbocycles. The largest absolute Gasteiger partial charge is 0.461 e. The fraction of sp³-hybridized carbons (Fsp3) is 0.733. The first-order valence-corrected chi connectivity index (χ1v) is 7.46. The van der Waals surface area contributed by atoms with Crippen LogP contribution in [0.25, 0.3) is 5.53 Å². The van der Waals surface area contributed by atoms with E-state index in [1.807, 2.05) is 13.8 Å². The maximum absolute atomic E-state index is 12.2. The van der Waals surface area contributed by atoms with Crippen molar-refractivity contribution >= 4 is 23.9 Å². The molecule has 130 valence electrons. The molecule has 0 aromatic heterocycles. The Hall–Kier alpha value is -2.05. The van der Waals surface area contributed by atoms with Gasteiger partial charge in [-0.25, -0.2) is 4.79 Å². The first-order valence-electron chi connectivity index (χ1n) is 7.46. The molecule has 0 unspecified atom stereocenters. The predicted octanol–water partition coefficient (Wildman–Crippen LogP) is 0.744. The van der Waals surface area contributed by atoms with Crippen molar-refractivity contribution in [3.05, 3.63) is 5.53 Å². The molecular formula is C15H25N3O5. The molecule has 2 atom stereocenters. The highest BCUT2D eigenvalue weighted by Crippen LogP contribution is 2.09. The smallest absolute Gasteiger partial charge is 0.328 e. The molecule has 0 aliphatic heterocycles. The molecule has 8 heteroatoms. The van der Waals surface area contributed by atoms with Crippen molar-refractivity contribution < 1.29 is 28.6 Å². The molecule has 23 heavy (non-hydrogen) atoms. The van der Waals surface area contributed by atoms with E-state index in [1.54, 1.807) is 13.8 Å². The Morgan fingerprint density at radius 3 is 2.26 bits per heavy atom. The van der Waals surface area contributed by atoms with Crippen LogP contribution in [0.4, 0.5) is 0 Å². The molecule has 8 nitrogen and oxygen atoms in total. The lowest BCUT2D eigenvalue weighted by atomic mass is 10.0. The van der Waals surface area contributed by atoms with Crippen molar-refractivity contribution in [1.29, 1.82) is 0 Å². The zero-order valence-electron chi connectivity index (χ0n) is 14.2. The van der Waals surface area contributed by atoms with Crippen molar-refractivity contribution in [2.24, 2.45) is 5.92 Å². The fourth-order valence-corrected chi connectivity index (χ4v) is 1.91. The maximum Gasteiger partial charge on any atom is 0.328 e. The minimum absolute atomic E-state index is 0.0384. The summed E-state index contributed by atoms with van der Waals surface area (Å²) in [6.45, 7) is 7.01. The van der Waals surface area contributed by atoms with Gasteiger partial charge in [0.2, 0.25) is 11.7 Å². The van der Waals surface area contributed by atoms with Gasteiger partial charge in [-0.2, -0.15) is 4.79 Å². The monoisotopic (exact) mass is 327 g/mol. The molecular weight excluding hydrogens is 302 g/mol. The van der Waals surface area contributed by atoms with E-state index in [1.165, 1.54) is 7.11 Å². The second kappa shape index (κ2) is 10.6. The number of hydrogen-bond acceptors (Lipinski definition) is 5. The third-order valence-corrected chi connectivity index (χ3v) is 2.95. The summed E-state index contributed by atoms with van der Waals surface area (Å²) in [6, 6.07) is -0.975. The number of nitrogens with zero attached hydrogens (tertiary/aromatic N) is 2. The number of hydrogen-bond donors (Lipinski definition) is 1. The summed E-state index contributed by atoms with van der Waals surface area (Å²) in [5, 5.41) is 2.55. The summed E-state index contributed by atoms with van der Waals surface area (Å²) >= 11 is 0. The number of esters is 1. The third-order valence-electron chi connectivity index (χ3n) is 2.95. The third kappa shape index (κ3) is 8.23. The molecule has 0 rings (SSSR count). The van der Waals surface area contributed by atoms with E-state index in [-0.39, 0.29) is 24.9 Å². The first kappa shape index (κ1) is 20.9. The summed E-state index contributed by atoms with van der Waals surface area (Å²) in [7, 11) is 1.41. The summed E-state index contributed by atoms with van der Waals surface area (Å²) in [6.07, 6.45) is -0.337. The molecule has 1 N–H and O–H groups in total. The molecule has 0 radical (unpaired) electrons. The Balaban J connectivity index is 4.96. The highest BCUT2D eigenvalue weighted by Gasteiger charge is 2.29. The van der Waals surface area contributed by atoms with Gasteiger partial charge < -0.3 is 20.3 Å². The van der Waals surface area contributed by atoms with E-state index in [4.69, 9.17) is 15.0 Å². The van der Waals surface area contributed by atoms with Gasteiger partial charge in [-0.15, -0.1) is 0 Å². The van der Waals surface area contributed by atoms with Crippen LogP contribution in [0.5, 0.6) is 0 Å². The summed E-state index contributed by atoms with van der Waals surface area (Å²) in [5.41, 5.74) is 8.31. The average molecular weight is 327 g/mol. The molecule has 0 fully saturated rings. The quantitative estimate of drug-likeness (QED) is 0.275. The van der Waals surface area contributed by atoms with E-state index in [0.717, 1.165) is 6.21 Å². The number of Topliss-reactive ketones (excluding diaryl/α,β-unsaturated/α-hetero) is 1. The Kier molecular flexibility index (Phi) is 9.69. The lowest BCUT2D eigenvalue weighted by Gasteiger charge is -2.23. The number of amides is 1. The molecule has 0 aromatic carbocycles. The summed E-state index contributed by atoms with van der Waals surface area (Å²) < 4.78 is 10.2. The molecule has 0 aromatic rings. The molecule has 0 saturated heterocycles. The van der Waals surface area contributed by atoms with E-state index >= 15 is 0 Å². The van der Waals surface area contributed by atoms with Crippen LogP contribution in [-0.4, -0.2) is 54.0 Å². The van der Waals surface area contributed by atoms with Gasteiger partial charge in [-0.3, -0.25) is 9.59 Å². The first-order chi connectivity index (χ1) is 10.7. The molecule has 0 spiro atoms. The Bertz CT molecular complexity index is 470.